The first-order chi connectivity index (χ1) is 13.4. The molecule has 0 aliphatic heterocycles. The zero-order chi connectivity index (χ0) is 20.6. The third-order valence-electron chi connectivity index (χ3n) is 4.06. The van der Waals surface area contributed by atoms with Crippen LogP contribution in [0.1, 0.15) is 18.1 Å². The number of aliphatic hydroxyl groups excluding tert-OH is 1. The van der Waals surface area contributed by atoms with Crippen molar-refractivity contribution in [2.45, 2.75) is 31.2 Å². The molecule has 152 valence electrons. The van der Waals surface area contributed by atoms with Crippen LogP contribution in [0.15, 0.2) is 53.4 Å². The molecule has 8 heteroatoms. The van der Waals surface area contributed by atoms with Crippen molar-refractivity contribution in [1.82, 2.24) is 10.0 Å². The van der Waals surface area contributed by atoms with Crippen LogP contribution in [0.5, 0.6) is 5.75 Å². The van der Waals surface area contributed by atoms with E-state index in [9.17, 15) is 13.2 Å². The van der Waals surface area contributed by atoms with Crippen LogP contribution >= 0.6 is 0 Å². The zero-order valence-electron chi connectivity index (χ0n) is 16.0. The van der Waals surface area contributed by atoms with Crippen LogP contribution in [0.25, 0.3) is 0 Å². The number of ether oxygens (including phenoxy) is 1. The minimum Gasteiger partial charge on any atom is -0.494 e. The van der Waals surface area contributed by atoms with Crippen LogP contribution in [-0.2, 0) is 21.2 Å². The van der Waals surface area contributed by atoms with Gasteiger partial charge in [0.05, 0.1) is 18.1 Å². The molecule has 0 aliphatic rings. The quantitative estimate of drug-likeness (QED) is 0.553. The molecule has 0 heterocycles. The van der Waals surface area contributed by atoms with Crippen LogP contribution < -0.4 is 14.8 Å². The van der Waals surface area contributed by atoms with Gasteiger partial charge >= 0.3 is 0 Å². The molecule has 2 rings (SSSR count). The molecule has 2 aromatic carbocycles. The molecule has 0 unspecified atom stereocenters. The molecular weight excluding hydrogens is 380 g/mol. The second-order valence-electron chi connectivity index (χ2n) is 6.24. The van der Waals surface area contributed by atoms with Crippen LogP contribution in [0.2, 0.25) is 0 Å². The summed E-state index contributed by atoms with van der Waals surface area (Å²) >= 11 is 0. The molecule has 1 atom stereocenters. The Morgan fingerprint density at radius 3 is 2.50 bits per heavy atom. The summed E-state index contributed by atoms with van der Waals surface area (Å²) in [6.45, 7) is 3.92. The van der Waals surface area contributed by atoms with E-state index in [1.165, 1.54) is 12.1 Å². The minimum atomic E-state index is -3.93. The van der Waals surface area contributed by atoms with Crippen molar-refractivity contribution in [2.75, 3.05) is 19.8 Å². The van der Waals surface area contributed by atoms with Crippen molar-refractivity contribution >= 4 is 15.9 Å². The maximum absolute atomic E-state index is 12.9. The number of hydrogen-bond donors (Lipinski definition) is 3. The molecule has 28 heavy (non-hydrogen) atoms. The Labute approximate surface area is 165 Å². The fraction of sp³-hybridized carbons (Fsp3) is 0.350. The van der Waals surface area contributed by atoms with Crippen molar-refractivity contribution in [1.29, 1.82) is 0 Å². The van der Waals surface area contributed by atoms with E-state index in [0.29, 0.717) is 17.9 Å². The summed E-state index contributed by atoms with van der Waals surface area (Å²) < 4.78 is 33.6. The van der Waals surface area contributed by atoms with Gasteiger partial charge in [-0.2, -0.15) is 4.72 Å². The molecule has 0 saturated carbocycles. The molecule has 0 radical (unpaired) electrons. The molecule has 7 nitrogen and oxygen atoms in total. The van der Waals surface area contributed by atoms with Gasteiger partial charge in [0.2, 0.25) is 15.9 Å². The van der Waals surface area contributed by atoms with Gasteiger partial charge in [0.1, 0.15) is 11.8 Å². The molecule has 0 spiro atoms. The first-order valence-corrected chi connectivity index (χ1v) is 10.5. The Morgan fingerprint density at radius 2 is 1.89 bits per heavy atom. The Morgan fingerprint density at radius 1 is 1.18 bits per heavy atom. The van der Waals surface area contributed by atoms with Crippen LogP contribution in [0.3, 0.4) is 0 Å². The molecule has 0 bridgehead atoms. The van der Waals surface area contributed by atoms with Crippen molar-refractivity contribution in [2.24, 2.45) is 0 Å². The molecule has 0 aliphatic carbocycles. The van der Waals surface area contributed by atoms with E-state index < -0.39 is 22.0 Å². The number of nitrogens with one attached hydrogen (secondary N) is 2. The topological polar surface area (TPSA) is 105 Å². The number of hydrogen-bond acceptors (Lipinski definition) is 5. The predicted molar refractivity (Wildman–Crippen MR) is 107 cm³/mol. The molecule has 0 aromatic heterocycles. The molecule has 3 N–H and O–H groups in total. The van der Waals surface area contributed by atoms with Gasteiger partial charge in [-0.05, 0) is 49.6 Å². The third kappa shape index (κ3) is 6.05. The summed E-state index contributed by atoms with van der Waals surface area (Å²) in [4.78, 5) is 12.5. The van der Waals surface area contributed by atoms with Crippen LogP contribution in [0, 0.1) is 6.92 Å². The molecular formula is C20H26N2O5S. The average Bonchev–Trinajstić information content (AvgIpc) is 2.68. The number of sulfonamides is 1. The average molecular weight is 407 g/mol. The molecule has 0 saturated heterocycles. The van der Waals surface area contributed by atoms with E-state index in [-0.39, 0.29) is 24.5 Å². The number of rotatable bonds is 10. The fourth-order valence-electron chi connectivity index (χ4n) is 2.70. The number of amides is 1. The van der Waals surface area contributed by atoms with Crippen molar-refractivity contribution < 1.29 is 23.1 Å². The lowest BCUT2D eigenvalue weighted by molar-refractivity contribution is -0.122. The van der Waals surface area contributed by atoms with Crippen LogP contribution in [-0.4, -0.2) is 45.2 Å². The van der Waals surface area contributed by atoms with Gasteiger partial charge in [0.15, 0.2) is 0 Å². The van der Waals surface area contributed by atoms with E-state index in [1.807, 2.05) is 37.3 Å². The largest absolute Gasteiger partial charge is 0.494 e. The molecule has 0 fully saturated rings. The SMILES string of the molecule is CCOc1ccc(S(=O)(=O)N[C@H](Cc2ccccc2)C(=O)NCCO)cc1C. The number of aliphatic hydroxyl groups is 1. The lowest BCUT2D eigenvalue weighted by atomic mass is 10.1. The minimum absolute atomic E-state index is 0.0496. The van der Waals surface area contributed by atoms with Gasteiger partial charge in [-0.15, -0.1) is 0 Å². The summed E-state index contributed by atoms with van der Waals surface area (Å²) in [5, 5.41) is 11.5. The van der Waals surface area contributed by atoms with Gasteiger partial charge in [-0.3, -0.25) is 4.79 Å². The molecule has 2 aromatic rings. The summed E-state index contributed by atoms with van der Waals surface area (Å²) in [5.41, 5.74) is 1.51. The van der Waals surface area contributed by atoms with E-state index in [1.54, 1.807) is 13.0 Å². The summed E-state index contributed by atoms with van der Waals surface area (Å²) in [6.07, 6.45) is 0.188. The second-order valence-corrected chi connectivity index (χ2v) is 7.95. The number of carbonyl (C=O) groups is 1. The van der Waals surface area contributed by atoms with E-state index >= 15 is 0 Å². The maximum Gasteiger partial charge on any atom is 0.241 e. The number of benzene rings is 2. The first-order valence-electron chi connectivity index (χ1n) is 9.05. The van der Waals surface area contributed by atoms with Crippen LogP contribution in [0.4, 0.5) is 0 Å². The fourth-order valence-corrected chi connectivity index (χ4v) is 3.98. The highest BCUT2D eigenvalue weighted by Crippen LogP contribution is 2.22. The Balaban J connectivity index is 2.25. The van der Waals surface area contributed by atoms with Gasteiger partial charge < -0.3 is 15.2 Å². The van der Waals surface area contributed by atoms with Gasteiger partial charge in [0, 0.05) is 6.54 Å². The molecule has 1 amide bonds. The highest BCUT2D eigenvalue weighted by atomic mass is 32.2. The third-order valence-corrected chi connectivity index (χ3v) is 5.53. The summed E-state index contributed by atoms with van der Waals surface area (Å²) in [5.74, 6) is 0.118. The highest BCUT2D eigenvalue weighted by molar-refractivity contribution is 7.89. The Bertz CT molecular complexity index is 885. The van der Waals surface area contributed by atoms with Crippen molar-refractivity contribution in [3.8, 4) is 5.75 Å². The Hall–Kier alpha value is -2.42. The number of aryl methyl sites for hydroxylation is 1. The monoisotopic (exact) mass is 406 g/mol. The van der Waals surface area contributed by atoms with Gasteiger partial charge in [-0.1, -0.05) is 30.3 Å². The zero-order valence-corrected chi connectivity index (χ0v) is 16.8. The van der Waals surface area contributed by atoms with Crippen molar-refractivity contribution in [3.63, 3.8) is 0 Å². The predicted octanol–water partition coefficient (Wildman–Crippen LogP) is 1.39. The lowest BCUT2D eigenvalue weighted by Crippen LogP contribution is -2.48. The van der Waals surface area contributed by atoms with E-state index in [2.05, 4.69) is 10.0 Å². The van der Waals surface area contributed by atoms with Gasteiger partial charge in [-0.25, -0.2) is 8.42 Å². The Kier molecular flexibility index (Phi) is 7.98. The number of carbonyl (C=O) groups excluding carboxylic acids is 1. The summed E-state index contributed by atoms with van der Waals surface area (Å²) in [6, 6.07) is 12.7. The summed E-state index contributed by atoms with van der Waals surface area (Å²) in [7, 11) is -3.93. The lowest BCUT2D eigenvalue weighted by Gasteiger charge is -2.19. The normalized spacial score (nSPS) is 12.4. The smallest absolute Gasteiger partial charge is 0.241 e. The highest BCUT2D eigenvalue weighted by Gasteiger charge is 2.26. The second kappa shape index (κ2) is 10.2. The standard InChI is InChI=1S/C20H26N2O5S/c1-3-27-19-10-9-17(13-15(19)2)28(25,26)22-18(20(24)21-11-12-23)14-16-7-5-4-6-8-16/h4-10,13,18,22-23H,3,11-12,14H2,1-2H3,(H,21,24)/t18-/m1/s1. The van der Waals surface area contributed by atoms with E-state index in [0.717, 1.165) is 5.56 Å². The maximum atomic E-state index is 12.9. The van der Waals surface area contributed by atoms with E-state index in [4.69, 9.17) is 9.84 Å². The first kappa shape index (κ1) is 21.9. The van der Waals surface area contributed by atoms with Crippen molar-refractivity contribution in [3.05, 3.63) is 59.7 Å². The van der Waals surface area contributed by atoms with Gasteiger partial charge in [0.25, 0.3) is 0 Å².